The second kappa shape index (κ2) is 5.75. The first-order valence-corrected chi connectivity index (χ1v) is 6.99. The molecule has 3 nitrogen and oxygen atoms in total. The predicted octanol–water partition coefficient (Wildman–Crippen LogP) is 3.62. The molecule has 98 valence electrons. The Hall–Kier alpha value is -2.33. The molecule has 0 radical (unpaired) electrons. The van der Waals surface area contributed by atoms with Crippen molar-refractivity contribution < 1.29 is 9.53 Å². The molecule has 0 amide bonds. The van der Waals surface area contributed by atoms with Crippen LogP contribution in [0.25, 0.3) is 0 Å². The van der Waals surface area contributed by atoms with E-state index in [1.54, 1.807) is 5.41 Å². The van der Waals surface area contributed by atoms with Crippen LogP contribution in [0.4, 0.5) is 0 Å². The molecule has 2 aromatic carbocycles. The van der Waals surface area contributed by atoms with E-state index in [4.69, 9.17) is 4.74 Å². The maximum absolute atomic E-state index is 11.8. The highest BCUT2D eigenvalue weighted by Crippen LogP contribution is 2.24. The van der Waals surface area contributed by atoms with Gasteiger partial charge in [0.25, 0.3) is 0 Å². The topological polar surface area (TPSA) is 38.7 Å². The summed E-state index contributed by atoms with van der Waals surface area (Å²) in [5, 5.41) is 1.72. The lowest BCUT2D eigenvalue weighted by Crippen LogP contribution is -2.04. The van der Waals surface area contributed by atoms with Gasteiger partial charge in [-0.1, -0.05) is 48.2 Å². The van der Waals surface area contributed by atoms with Crippen molar-refractivity contribution in [1.82, 2.24) is 0 Å². The Bertz CT molecular complexity index is 678. The highest BCUT2D eigenvalue weighted by atomic mass is 32.2. The fourth-order valence-corrected chi connectivity index (χ4v) is 2.43. The Morgan fingerprint density at radius 2 is 1.60 bits per heavy atom. The third-order valence-electron chi connectivity index (χ3n) is 2.69. The van der Waals surface area contributed by atoms with Crippen LogP contribution >= 0.6 is 11.8 Å². The number of thioether (sulfide) groups is 1. The van der Waals surface area contributed by atoms with Gasteiger partial charge in [-0.05, 0) is 24.3 Å². The van der Waals surface area contributed by atoms with Gasteiger partial charge < -0.3 is 4.74 Å². The number of hydrogen-bond donors (Lipinski definition) is 0. The summed E-state index contributed by atoms with van der Waals surface area (Å²) in [4.78, 5) is 17.1. The molecule has 0 aromatic heterocycles. The van der Waals surface area contributed by atoms with Crippen LogP contribution in [0.2, 0.25) is 0 Å². The molecule has 20 heavy (non-hydrogen) atoms. The number of carbonyl (C=O) groups excluding carboxylic acids is 1. The molecule has 1 aliphatic heterocycles. The summed E-state index contributed by atoms with van der Waals surface area (Å²) < 4.78 is 5.18. The molecule has 0 unspecified atom stereocenters. The zero-order valence-electron chi connectivity index (χ0n) is 10.5. The van der Waals surface area contributed by atoms with Crippen LogP contribution in [0.3, 0.4) is 0 Å². The Morgan fingerprint density at radius 3 is 2.30 bits per heavy atom. The zero-order chi connectivity index (χ0) is 13.8. The van der Waals surface area contributed by atoms with E-state index in [0.717, 1.165) is 10.5 Å². The van der Waals surface area contributed by atoms with Gasteiger partial charge in [-0.2, -0.15) is 0 Å². The molecule has 0 aliphatic carbocycles. The minimum Gasteiger partial charge on any atom is -0.402 e. The highest BCUT2D eigenvalue weighted by Gasteiger charge is 2.23. The summed E-state index contributed by atoms with van der Waals surface area (Å²) in [7, 11) is 0. The molecule has 0 N–H and O–H groups in total. The van der Waals surface area contributed by atoms with E-state index in [2.05, 4.69) is 4.99 Å². The lowest BCUT2D eigenvalue weighted by molar-refractivity contribution is -0.130. The molecule has 0 saturated heterocycles. The summed E-state index contributed by atoms with van der Waals surface area (Å²) in [6.45, 7) is 0. The first kappa shape index (κ1) is 12.7. The number of rotatable bonds is 3. The van der Waals surface area contributed by atoms with E-state index >= 15 is 0 Å². The second-order valence-electron chi connectivity index (χ2n) is 4.11. The monoisotopic (exact) mass is 281 g/mol. The summed E-state index contributed by atoms with van der Waals surface area (Å²) in [6, 6.07) is 19.2. The van der Waals surface area contributed by atoms with Gasteiger partial charge in [0.1, 0.15) is 0 Å². The Kier molecular flexibility index (Phi) is 3.65. The van der Waals surface area contributed by atoms with Crippen molar-refractivity contribution in [2.75, 3.05) is 0 Å². The van der Waals surface area contributed by atoms with Crippen molar-refractivity contribution in [2.45, 2.75) is 4.90 Å². The summed E-state index contributed by atoms with van der Waals surface area (Å²) in [5.74, 6) is -0.0530. The average molecular weight is 281 g/mol. The molecule has 0 bridgehead atoms. The molecule has 1 heterocycles. The SMILES string of the molecule is O=C1OC(c2ccccc2)=N/C1=C\Sc1ccccc1. The normalized spacial score (nSPS) is 16.1. The second-order valence-corrected chi connectivity index (χ2v) is 5.05. The van der Waals surface area contributed by atoms with Gasteiger partial charge in [-0.25, -0.2) is 9.79 Å². The van der Waals surface area contributed by atoms with E-state index in [0.29, 0.717) is 11.6 Å². The van der Waals surface area contributed by atoms with Gasteiger partial charge in [0.15, 0.2) is 5.70 Å². The zero-order valence-corrected chi connectivity index (χ0v) is 11.3. The van der Waals surface area contributed by atoms with Crippen LogP contribution in [0.15, 0.2) is 81.7 Å². The summed E-state index contributed by atoms with van der Waals surface area (Å²) in [5.41, 5.74) is 1.13. The van der Waals surface area contributed by atoms with Crippen LogP contribution in [0.1, 0.15) is 5.56 Å². The number of nitrogens with zero attached hydrogens (tertiary/aromatic N) is 1. The van der Waals surface area contributed by atoms with Gasteiger partial charge in [-0.15, -0.1) is 0 Å². The molecule has 4 heteroatoms. The van der Waals surface area contributed by atoms with Gasteiger partial charge in [0.05, 0.1) is 0 Å². The minimum absolute atomic E-state index is 0.331. The van der Waals surface area contributed by atoms with Crippen molar-refractivity contribution in [3.05, 3.63) is 77.3 Å². The van der Waals surface area contributed by atoms with Crippen LogP contribution in [0, 0.1) is 0 Å². The lowest BCUT2D eigenvalue weighted by Gasteiger charge is -1.97. The molecule has 0 atom stereocenters. The van der Waals surface area contributed by atoms with Crippen LogP contribution in [-0.4, -0.2) is 11.9 Å². The highest BCUT2D eigenvalue weighted by molar-refractivity contribution is 8.02. The van der Waals surface area contributed by atoms with Gasteiger partial charge in [-0.3, -0.25) is 0 Å². The van der Waals surface area contributed by atoms with E-state index in [1.165, 1.54) is 11.8 Å². The van der Waals surface area contributed by atoms with Crippen LogP contribution in [-0.2, 0) is 9.53 Å². The van der Waals surface area contributed by atoms with Crippen molar-refractivity contribution in [3.8, 4) is 0 Å². The molecule has 1 aliphatic rings. The fourth-order valence-electron chi connectivity index (χ4n) is 1.72. The van der Waals surface area contributed by atoms with E-state index < -0.39 is 5.97 Å². The Morgan fingerprint density at radius 1 is 0.950 bits per heavy atom. The number of cyclic esters (lactones) is 1. The number of hydrogen-bond acceptors (Lipinski definition) is 4. The first-order chi connectivity index (χ1) is 9.83. The van der Waals surface area contributed by atoms with Gasteiger partial charge >= 0.3 is 5.97 Å². The molecule has 3 rings (SSSR count). The summed E-state index contributed by atoms with van der Waals surface area (Å²) in [6.07, 6.45) is 0. The Labute approximate surface area is 121 Å². The van der Waals surface area contributed by atoms with Crippen LogP contribution in [0.5, 0.6) is 0 Å². The maximum atomic E-state index is 11.8. The van der Waals surface area contributed by atoms with Crippen molar-refractivity contribution in [3.63, 3.8) is 0 Å². The Balaban J connectivity index is 1.80. The predicted molar refractivity (Wildman–Crippen MR) is 79.5 cm³/mol. The van der Waals surface area contributed by atoms with E-state index in [1.807, 2.05) is 60.7 Å². The first-order valence-electron chi connectivity index (χ1n) is 6.11. The lowest BCUT2D eigenvalue weighted by atomic mass is 10.2. The van der Waals surface area contributed by atoms with Gasteiger partial charge in [0.2, 0.25) is 5.90 Å². The van der Waals surface area contributed by atoms with Gasteiger partial charge in [0, 0.05) is 15.9 Å². The number of carbonyl (C=O) groups is 1. The van der Waals surface area contributed by atoms with Crippen molar-refractivity contribution in [1.29, 1.82) is 0 Å². The molecular formula is C16H11NO2S. The molecular weight excluding hydrogens is 270 g/mol. The molecule has 0 saturated carbocycles. The number of benzene rings is 2. The molecule has 2 aromatic rings. The van der Waals surface area contributed by atoms with Crippen molar-refractivity contribution >= 4 is 23.6 Å². The molecule has 0 spiro atoms. The number of aliphatic imine (C=N–C) groups is 1. The van der Waals surface area contributed by atoms with Crippen molar-refractivity contribution in [2.24, 2.45) is 4.99 Å². The average Bonchev–Trinajstić information content (AvgIpc) is 2.88. The summed E-state index contributed by atoms with van der Waals surface area (Å²) >= 11 is 1.45. The van der Waals surface area contributed by atoms with E-state index in [9.17, 15) is 4.79 Å². The van der Waals surface area contributed by atoms with Crippen LogP contribution < -0.4 is 0 Å². The largest absolute Gasteiger partial charge is 0.402 e. The standard InChI is InChI=1S/C16H11NO2S/c18-16-14(11-20-13-9-5-2-6-10-13)17-15(19-16)12-7-3-1-4-8-12/h1-11H/b14-11-. The maximum Gasteiger partial charge on any atom is 0.364 e. The number of esters is 1. The van der Waals surface area contributed by atoms with E-state index in [-0.39, 0.29) is 0 Å². The fraction of sp³-hybridized carbons (Fsp3) is 0. The molecule has 0 fully saturated rings. The third-order valence-corrected chi connectivity index (χ3v) is 3.58. The number of ether oxygens (including phenoxy) is 1. The third kappa shape index (κ3) is 2.81. The quantitative estimate of drug-likeness (QED) is 0.490. The smallest absolute Gasteiger partial charge is 0.364 e. The minimum atomic E-state index is -0.410.